The Hall–Kier alpha value is -0.0200. The van der Waals surface area contributed by atoms with Crippen LogP contribution in [0, 0.1) is 17.3 Å². The van der Waals surface area contributed by atoms with E-state index in [-0.39, 0.29) is 16.9 Å². The van der Waals surface area contributed by atoms with E-state index in [1.165, 1.54) is 18.6 Å². The molecule has 1 saturated carbocycles. The van der Waals surface area contributed by atoms with Gasteiger partial charge < -0.3 is 4.74 Å². The Labute approximate surface area is 133 Å². The van der Waals surface area contributed by atoms with Gasteiger partial charge in [-0.15, -0.1) is 0 Å². The highest BCUT2D eigenvalue weighted by atomic mass is 32.2. The maximum Gasteiger partial charge on any atom is 0.142 e. The van der Waals surface area contributed by atoms with Crippen LogP contribution in [0.3, 0.4) is 0 Å². The molecular weight excluding hydrogens is 280 g/mol. The molecule has 3 heteroatoms. The van der Waals surface area contributed by atoms with Gasteiger partial charge in [-0.05, 0) is 50.2 Å². The molecule has 0 aromatic heterocycles. The van der Waals surface area contributed by atoms with E-state index < -0.39 is 0 Å². The fourth-order valence-electron chi connectivity index (χ4n) is 4.93. The van der Waals surface area contributed by atoms with Gasteiger partial charge >= 0.3 is 0 Å². The molecule has 3 aliphatic rings. The Bertz CT molecular complexity index is 379. The van der Waals surface area contributed by atoms with E-state index >= 15 is 0 Å². The third kappa shape index (κ3) is 3.19. The van der Waals surface area contributed by atoms with Gasteiger partial charge in [0.2, 0.25) is 0 Å². The van der Waals surface area contributed by atoms with Gasteiger partial charge in [-0.3, -0.25) is 4.79 Å². The second kappa shape index (κ2) is 6.23. The van der Waals surface area contributed by atoms with E-state index in [1.54, 1.807) is 0 Å². The van der Waals surface area contributed by atoms with Crippen LogP contribution < -0.4 is 0 Å². The van der Waals surface area contributed by atoms with Gasteiger partial charge in [-0.2, -0.15) is 11.8 Å². The third-order valence-electron chi connectivity index (χ3n) is 5.81. The lowest BCUT2D eigenvalue weighted by Crippen LogP contribution is -2.45. The minimum absolute atomic E-state index is 0.0170. The summed E-state index contributed by atoms with van der Waals surface area (Å²) >= 11 is 2.00. The van der Waals surface area contributed by atoms with Crippen molar-refractivity contribution in [2.45, 2.75) is 70.8 Å². The van der Waals surface area contributed by atoms with Crippen LogP contribution in [0.1, 0.15) is 65.2 Å². The maximum absolute atomic E-state index is 13.3. The molecule has 2 atom stereocenters. The molecule has 2 unspecified atom stereocenters. The number of hydrogen-bond acceptors (Lipinski definition) is 3. The van der Waals surface area contributed by atoms with Crippen molar-refractivity contribution < 1.29 is 9.53 Å². The van der Waals surface area contributed by atoms with Crippen molar-refractivity contribution in [1.82, 2.24) is 0 Å². The first-order valence-corrected chi connectivity index (χ1v) is 9.97. The molecule has 1 aliphatic carbocycles. The number of ketones is 1. The zero-order valence-electron chi connectivity index (χ0n) is 13.7. The first-order chi connectivity index (χ1) is 10.1. The highest BCUT2D eigenvalue weighted by Gasteiger charge is 2.48. The Morgan fingerprint density at radius 1 is 1.29 bits per heavy atom. The SMILES string of the molecule is CC(C)CC1(C(=O)C2CCOC3(CCSC3)C2)CCCC1. The van der Waals surface area contributed by atoms with Crippen LogP contribution >= 0.6 is 11.8 Å². The summed E-state index contributed by atoms with van der Waals surface area (Å²) < 4.78 is 6.11. The second-order valence-electron chi connectivity index (χ2n) is 7.97. The fraction of sp³-hybridized carbons (Fsp3) is 0.944. The molecule has 3 rings (SSSR count). The minimum Gasteiger partial charge on any atom is -0.374 e. The summed E-state index contributed by atoms with van der Waals surface area (Å²) in [5.41, 5.74) is 0.0595. The Morgan fingerprint density at radius 2 is 2.05 bits per heavy atom. The molecule has 0 aromatic rings. The highest BCUT2D eigenvalue weighted by molar-refractivity contribution is 7.99. The summed E-state index contributed by atoms with van der Waals surface area (Å²) in [6.45, 7) is 5.34. The summed E-state index contributed by atoms with van der Waals surface area (Å²) in [6, 6.07) is 0. The van der Waals surface area contributed by atoms with Gasteiger partial charge in [0.05, 0.1) is 5.60 Å². The number of carbonyl (C=O) groups excluding carboxylic acids is 1. The molecule has 3 fully saturated rings. The fourth-order valence-corrected chi connectivity index (χ4v) is 6.31. The zero-order valence-corrected chi connectivity index (χ0v) is 14.5. The third-order valence-corrected chi connectivity index (χ3v) is 7.04. The second-order valence-corrected chi connectivity index (χ2v) is 9.08. The van der Waals surface area contributed by atoms with Crippen molar-refractivity contribution in [2.24, 2.45) is 17.3 Å². The van der Waals surface area contributed by atoms with Crippen molar-refractivity contribution in [1.29, 1.82) is 0 Å². The summed E-state index contributed by atoms with van der Waals surface area (Å²) in [7, 11) is 0. The van der Waals surface area contributed by atoms with E-state index in [0.29, 0.717) is 11.7 Å². The van der Waals surface area contributed by atoms with Crippen molar-refractivity contribution in [3.8, 4) is 0 Å². The number of thioether (sulfide) groups is 1. The van der Waals surface area contributed by atoms with Gasteiger partial charge in [-0.1, -0.05) is 26.7 Å². The monoisotopic (exact) mass is 310 g/mol. The van der Waals surface area contributed by atoms with Crippen LogP contribution in [0.2, 0.25) is 0 Å². The van der Waals surface area contributed by atoms with Crippen LogP contribution in [0.25, 0.3) is 0 Å². The predicted molar refractivity (Wildman–Crippen MR) is 88.7 cm³/mol. The lowest BCUT2D eigenvalue weighted by Gasteiger charge is -2.41. The van der Waals surface area contributed by atoms with Crippen molar-refractivity contribution >= 4 is 17.5 Å². The summed E-state index contributed by atoms with van der Waals surface area (Å²) in [5, 5.41) is 0. The average molecular weight is 311 g/mol. The summed E-state index contributed by atoms with van der Waals surface area (Å²) in [5.74, 6) is 3.82. The van der Waals surface area contributed by atoms with Gasteiger partial charge in [0.1, 0.15) is 5.78 Å². The minimum atomic E-state index is 0.0170. The molecule has 2 nitrogen and oxygen atoms in total. The van der Waals surface area contributed by atoms with Crippen LogP contribution in [0.4, 0.5) is 0 Å². The van der Waals surface area contributed by atoms with Gasteiger partial charge in [-0.25, -0.2) is 0 Å². The molecule has 0 N–H and O–H groups in total. The van der Waals surface area contributed by atoms with E-state index in [1.807, 2.05) is 11.8 Å². The zero-order chi connectivity index (χ0) is 14.9. The van der Waals surface area contributed by atoms with Crippen LogP contribution in [-0.2, 0) is 9.53 Å². The van der Waals surface area contributed by atoms with E-state index in [0.717, 1.165) is 50.9 Å². The van der Waals surface area contributed by atoms with E-state index in [2.05, 4.69) is 13.8 Å². The van der Waals surface area contributed by atoms with Crippen molar-refractivity contribution in [2.75, 3.05) is 18.1 Å². The van der Waals surface area contributed by atoms with Crippen molar-refractivity contribution in [3.63, 3.8) is 0 Å². The molecule has 2 aliphatic heterocycles. The Balaban J connectivity index is 1.73. The molecule has 2 saturated heterocycles. The topological polar surface area (TPSA) is 26.3 Å². The number of ether oxygens (including phenoxy) is 1. The maximum atomic E-state index is 13.3. The number of carbonyl (C=O) groups is 1. The Morgan fingerprint density at radius 3 is 2.67 bits per heavy atom. The molecule has 0 aromatic carbocycles. The standard InChI is InChI=1S/C18H30O2S/c1-14(2)11-17(6-3-4-7-17)16(19)15-5-9-20-18(12-15)8-10-21-13-18/h14-15H,3-13H2,1-2H3. The van der Waals surface area contributed by atoms with Crippen LogP contribution in [-0.4, -0.2) is 29.5 Å². The van der Waals surface area contributed by atoms with Gasteiger partial charge in [0.25, 0.3) is 0 Å². The van der Waals surface area contributed by atoms with E-state index in [4.69, 9.17) is 4.74 Å². The van der Waals surface area contributed by atoms with Gasteiger partial charge in [0.15, 0.2) is 0 Å². The molecular formula is C18H30O2S. The molecule has 0 radical (unpaired) electrons. The van der Waals surface area contributed by atoms with Crippen LogP contribution in [0.5, 0.6) is 0 Å². The Kier molecular flexibility index (Phi) is 4.71. The smallest absolute Gasteiger partial charge is 0.142 e. The first-order valence-electron chi connectivity index (χ1n) is 8.81. The number of hydrogen-bond donors (Lipinski definition) is 0. The van der Waals surface area contributed by atoms with Gasteiger partial charge in [0, 0.05) is 23.7 Å². The molecule has 0 bridgehead atoms. The average Bonchev–Trinajstić information content (AvgIpc) is 3.08. The number of rotatable bonds is 4. The highest BCUT2D eigenvalue weighted by Crippen LogP contribution is 2.49. The van der Waals surface area contributed by atoms with Crippen molar-refractivity contribution in [3.05, 3.63) is 0 Å². The molecule has 0 amide bonds. The molecule has 2 heterocycles. The number of Topliss-reactive ketones (excluding diaryl/α,β-unsaturated/α-hetero) is 1. The lowest BCUT2D eigenvalue weighted by molar-refractivity contribution is -0.144. The molecule has 1 spiro atoms. The summed E-state index contributed by atoms with van der Waals surface area (Å²) in [6.07, 6.45) is 9.00. The normalized spacial score (nSPS) is 35.7. The first kappa shape index (κ1) is 15.9. The summed E-state index contributed by atoms with van der Waals surface area (Å²) in [4.78, 5) is 13.3. The largest absolute Gasteiger partial charge is 0.374 e. The van der Waals surface area contributed by atoms with Crippen LogP contribution in [0.15, 0.2) is 0 Å². The van der Waals surface area contributed by atoms with E-state index in [9.17, 15) is 4.79 Å². The quantitative estimate of drug-likeness (QED) is 0.766. The predicted octanol–water partition coefficient (Wildman–Crippen LogP) is 4.46. The lowest BCUT2D eigenvalue weighted by atomic mass is 9.68. The molecule has 120 valence electrons. The molecule has 21 heavy (non-hydrogen) atoms.